The van der Waals surface area contributed by atoms with Crippen LogP contribution >= 0.6 is 15.9 Å². The summed E-state index contributed by atoms with van der Waals surface area (Å²) in [6.07, 6.45) is -3.63. The van der Waals surface area contributed by atoms with E-state index < -0.39 is 53.5 Å². The van der Waals surface area contributed by atoms with Crippen molar-refractivity contribution >= 4 is 39.5 Å². The Labute approximate surface area is 254 Å². The molecule has 4 rings (SSSR count). The van der Waals surface area contributed by atoms with Crippen LogP contribution in [0.15, 0.2) is 52.2 Å². The van der Waals surface area contributed by atoms with Crippen molar-refractivity contribution in [3.63, 3.8) is 0 Å². The molecule has 1 unspecified atom stereocenters. The summed E-state index contributed by atoms with van der Waals surface area (Å²) in [5.41, 5.74) is -0.999. The summed E-state index contributed by atoms with van der Waals surface area (Å²) in [5.74, 6) is -1.85. The fourth-order valence-corrected chi connectivity index (χ4v) is 5.76. The zero-order valence-corrected chi connectivity index (χ0v) is 25.5. The summed E-state index contributed by atoms with van der Waals surface area (Å²) >= 11 is 3.31. The number of piperidine rings is 1. The Kier molecular flexibility index (Phi) is 9.48. The maximum absolute atomic E-state index is 14.0. The number of rotatable bonds is 8. The van der Waals surface area contributed by atoms with E-state index in [0.717, 1.165) is 0 Å². The lowest BCUT2D eigenvalue weighted by molar-refractivity contribution is -0.164. The molecule has 43 heavy (non-hydrogen) atoms. The molecule has 0 aliphatic carbocycles. The first-order valence-corrected chi connectivity index (χ1v) is 14.4. The lowest BCUT2D eigenvalue weighted by atomic mass is 9.74. The van der Waals surface area contributed by atoms with Gasteiger partial charge in [-0.05, 0) is 63.4 Å². The molecule has 2 aliphatic rings. The van der Waals surface area contributed by atoms with Crippen LogP contribution in [0.5, 0.6) is 0 Å². The molecule has 2 atom stereocenters. The van der Waals surface area contributed by atoms with Gasteiger partial charge in [-0.15, -0.1) is 0 Å². The summed E-state index contributed by atoms with van der Waals surface area (Å²) in [6, 6.07) is 8.04. The number of ether oxygens (including phenoxy) is 1. The highest BCUT2D eigenvalue weighted by molar-refractivity contribution is 9.10. The zero-order chi connectivity index (χ0) is 31.6. The standard InChI is InChI=1S/C29H32BrF4N5O4/c1-27(2,3)43-26(42)36-22(10-8-18-7-9-19(31)14-21(18)30)24(40)38-13-11-23-28(16-38,15-20-6-4-5-12-35-20)25(41)39(37-23)17-29(32,33)34/h4-7,9,12,14,22H,8,10-11,13,15-17H2,1-3H3,(H,36,42)/t22?,28-/m1/s1. The topological polar surface area (TPSA) is 104 Å². The van der Waals surface area contributed by atoms with E-state index in [0.29, 0.717) is 20.7 Å². The molecular formula is C29H32BrF4N5O4. The first-order valence-electron chi connectivity index (χ1n) is 13.7. The van der Waals surface area contributed by atoms with Gasteiger partial charge in [-0.3, -0.25) is 14.6 Å². The maximum atomic E-state index is 14.0. The van der Waals surface area contributed by atoms with Gasteiger partial charge in [0.15, 0.2) is 0 Å². The number of carbonyl (C=O) groups excluding carboxylic acids is 3. The third kappa shape index (κ3) is 8.09. The number of amides is 3. The van der Waals surface area contributed by atoms with Crippen LogP contribution in [0.25, 0.3) is 0 Å². The van der Waals surface area contributed by atoms with Crippen LogP contribution in [0.1, 0.15) is 44.9 Å². The fourth-order valence-electron chi connectivity index (χ4n) is 5.21. The number of hydrogen-bond donors (Lipinski definition) is 1. The van der Waals surface area contributed by atoms with Gasteiger partial charge in [-0.2, -0.15) is 18.3 Å². The number of pyridine rings is 1. The number of nitrogens with one attached hydrogen (secondary N) is 1. The number of aryl methyl sites for hydroxylation is 1. The molecular weight excluding hydrogens is 638 g/mol. The Bertz CT molecular complexity index is 1400. The Morgan fingerprint density at radius 1 is 1.19 bits per heavy atom. The molecule has 0 saturated carbocycles. The summed E-state index contributed by atoms with van der Waals surface area (Å²) in [5, 5.41) is 7.10. The number of alkyl halides is 3. The van der Waals surface area contributed by atoms with Crippen molar-refractivity contribution in [1.82, 2.24) is 20.2 Å². The van der Waals surface area contributed by atoms with Gasteiger partial charge in [0.1, 0.15) is 29.4 Å². The Hall–Kier alpha value is -3.55. The summed E-state index contributed by atoms with van der Waals surface area (Å²) in [7, 11) is 0. The number of carbonyl (C=O) groups is 3. The average Bonchev–Trinajstić information content (AvgIpc) is 3.15. The van der Waals surface area contributed by atoms with Crippen molar-refractivity contribution in [2.45, 2.75) is 64.3 Å². The first-order chi connectivity index (χ1) is 20.1. The number of fused-ring (bicyclic) bond motifs is 1. The Morgan fingerprint density at radius 3 is 2.56 bits per heavy atom. The molecule has 14 heteroatoms. The molecule has 1 fully saturated rings. The number of hydrogen-bond acceptors (Lipinski definition) is 6. The van der Waals surface area contributed by atoms with Crippen LogP contribution in [0.4, 0.5) is 22.4 Å². The number of nitrogens with zero attached hydrogens (tertiary/aromatic N) is 4. The van der Waals surface area contributed by atoms with Crippen LogP contribution < -0.4 is 5.32 Å². The molecule has 3 amide bonds. The molecule has 0 bridgehead atoms. The third-order valence-electron chi connectivity index (χ3n) is 7.07. The number of hydrazone groups is 1. The molecule has 0 spiro atoms. The van der Waals surface area contributed by atoms with E-state index in [1.807, 2.05) is 0 Å². The predicted octanol–water partition coefficient (Wildman–Crippen LogP) is 5.03. The molecule has 232 valence electrons. The summed E-state index contributed by atoms with van der Waals surface area (Å²) < 4.78 is 59.4. The van der Waals surface area contributed by atoms with E-state index in [9.17, 15) is 31.9 Å². The van der Waals surface area contributed by atoms with Crippen LogP contribution in [-0.2, 0) is 27.2 Å². The van der Waals surface area contributed by atoms with Gasteiger partial charge in [-0.25, -0.2) is 14.2 Å². The molecule has 0 radical (unpaired) electrons. The Morgan fingerprint density at radius 2 is 1.93 bits per heavy atom. The second kappa shape index (κ2) is 12.6. The second-order valence-corrected chi connectivity index (χ2v) is 12.4. The van der Waals surface area contributed by atoms with E-state index in [1.54, 1.807) is 45.0 Å². The highest BCUT2D eigenvalue weighted by Gasteiger charge is 2.56. The van der Waals surface area contributed by atoms with E-state index >= 15 is 0 Å². The molecule has 2 aliphatic heterocycles. The summed E-state index contributed by atoms with van der Waals surface area (Å²) in [6.45, 7) is 3.28. The highest BCUT2D eigenvalue weighted by atomic mass is 79.9. The first kappa shape index (κ1) is 32.4. The summed E-state index contributed by atoms with van der Waals surface area (Å²) in [4.78, 5) is 46.0. The minimum Gasteiger partial charge on any atom is -0.444 e. The van der Waals surface area contributed by atoms with Gasteiger partial charge >= 0.3 is 12.3 Å². The fraction of sp³-hybridized carbons (Fsp3) is 0.483. The van der Waals surface area contributed by atoms with Crippen LogP contribution in [0.2, 0.25) is 0 Å². The molecule has 3 heterocycles. The monoisotopic (exact) mass is 669 g/mol. The van der Waals surface area contributed by atoms with Gasteiger partial charge < -0.3 is 15.0 Å². The number of benzene rings is 1. The average molecular weight is 671 g/mol. The van der Waals surface area contributed by atoms with E-state index in [-0.39, 0.29) is 44.5 Å². The van der Waals surface area contributed by atoms with Gasteiger partial charge in [0, 0.05) is 42.3 Å². The number of likely N-dealkylation sites (tertiary alicyclic amines) is 1. The third-order valence-corrected chi connectivity index (χ3v) is 7.81. The van der Waals surface area contributed by atoms with Crippen molar-refractivity contribution < 1.29 is 36.7 Å². The Balaban J connectivity index is 1.62. The van der Waals surface area contributed by atoms with E-state index in [4.69, 9.17) is 4.74 Å². The lowest BCUT2D eigenvalue weighted by Crippen LogP contribution is -2.59. The zero-order valence-electron chi connectivity index (χ0n) is 23.9. The van der Waals surface area contributed by atoms with Crippen LogP contribution in [-0.4, -0.2) is 76.0 Å². The second-order valence-electron chi connectivity index (χ2n) is 11.6. The largest absolute Gasteiger partial charge is 0.444 e. The molecule has 1 aromatic carbocycles. The van der Waals surface area contributed by atoms with Gasteiger partial charge in [0.25, 0.3) is 5.91 Å². The van der Waals surface area contributed by atoms with Crippen molar-refractivity contribution in [1.29, 1.82) is 0 Å². The normalized spacial score (nSPS) is 19.5. The molecule has 1 aromatic heterocycles. The quantitative estimate of drug-likeness (QED) is 0.397. The van der Waals surface area contributed by atoms with Crippen molar-refractivity contribution in [3.8, 4) is 0 Å². The predicted molar refractivity (Wildman–Crippen MR) is 152 cm³/mol. The van der Waals surface area contributed by atoms with Crippen molar-refractivity contribution in [3.05, 3.63) is 64.1 Å². The van der Waals surface area contributed by atoms with Crippen LogP contribution in [0.3, 0.4) is 0 Å². The smallest absolute Gasteiger partial charge is 0.408 e. The van der Waals surface area contributed by atoms with Crippen molar-refractivity contribution in [2.24, 2.45) is 10.5 Å². The molecule has 1 N–H and O–H groups in total. The van der Waals surface area contributed by atoms with E-state index in [1.165, 1.54) is 23.2 Å². The minimum atomic E-state index is -4.67. The maximum Gasteiger partial charge on any atom is 0.408 e. The van der Waals surface area contributed by atoms with Gasteiger partial charge in [0.05, 0.1) is 5.71 Å². The number of halogens is 5. The number of aromatic nitrogens is 1. The van der Waals surface area contributed by atoms with Gasteiger partial charge in [-0.1, -0.05) is 28.1 Å². The van der Waals surface area contributed by atoms with Crippen molar-refractivity contribution in [2.75, 3.05) is 19.6 Å². The number of alkyl carbamates (subject to hydrolysis) is 1. The highest BCUT2D eigenvalue weighted by Crippen LogP contribution is 2.39. The lowest BCUT2D eigenvalue weighted by Gasteiger charge is -2.40. The minimum absolute atomic E-state index is 0.0569. The molecule has 9 nitrogen and oxygen atoms in total. The van der Waals surface area contributed by atoms with E-state index in [2.05, 4.69) is 31.3 Å². The molecule has 1 saturated heterocycles. The van der Waals surface area contributed by atoms with Crippen LogP contribution in [0, 0.1) is 11.2 Å². The SMILES string of the molecule is CC(C)(C)OC(=O)NC(CCc1ccc(F)cc1Br)C(=O)N1CCC2=NN(CC(F)(F)F)C(=O)[C@]2(Cc2ccccn2)C1. The van der Waals surface area contributed by atoms with Gasteiger partial charge in [0.2, 0.25) is 5.91 Å². The molecule has 2 aromatic rings.